The molecule has 1 aliphatic heterocycles. The van der Waals surface area contributed by atoms with Crippen molar-refractivity contribution in [1.29, 1.82) is 0 Å². The van der Waals surface area contributed by atoms with Gasteiger partial charge in [0.05, 0.1) is 17.9 Å². The van der Waals surface area contributed by atoms with E-state index in [9.17, 15) is 0 Å². The van der Waals surface area contributed by atoms with Gasteiger partial charge in [0.15, 0.2) is 0 Å². The molecule has 1 saturated heterocycles. The first-order valence-corrected chi connectivity index (χ1v) is 6.58. The topological polar surface area (TPSA) is 67.3 Å². The number of nitrogens with one attached hydrogen (secondary N) is 1. The molecule has 2 aromatic rings. The number of aromatic nitrogens is 2. The van der Waals surface area contributed by atoms with Gasteiger partial charge >= 0.3 is 0 Å². The summed E-state index contributed by atoms with van der Waals surface area (Å²) in [5, 5.41) is 7.38. The first kappa shape index (κ1) is 12.4. The fraction of sp³-hybridized carbons (Fsp3) is 0.538. The van der Waals surface area contributed by atoms with E-state index in [0.29, 0.717) is 11.7 Å². The largest absolute Gasteiger partial charge is 0.469 e. The molecular weight excluding hydrogens is 244 g/mol. The number of rotatable bonds is 3. The molecule has 0 amide bonds. The second-order valence-electron chi connectivity index (χ2n) is 4.81. The van der Waals surface area contributed by atoms with Crippen LogP contribution in [0, 0.1) is 6.92 Å². The molecule has 0 radical (unpaired) electrons. The van der Waals surface area contributed by atoms with E-state index < -0.39 is 0 Å². The maximum Gasteiger partial charge on any atom is 0.244 e. The Bertz CT molecular complexity index is 542. The minimum atomic E-state index is 0.149. The number of aryl methyl sites for hydroxylation is 1. The van der Waals surface area contributed by atoms with Crippen molar-refractivity contribution in [2.24, 2.45) is 0 Å². The fourth-order valence-electron chi connectivity index (χ4n) is 2.36. The molecule has 0 bridgehead atoms. The van der Waals surface area contributed by atoms with Gasteiger partial charge in [0, 0.05) is 26.2 Å². The Balaban J connectivity index is 1.79. The van der Waals surface area contributed by atoms with Gasteiger partial charge in [-0.15, -0.1) is 0 Å². The molecule has 102 valence electrons. The molecule has 3 heterocycles. The molecule has 6 heteroatoms. The minimum absolute atomic E-state index is 0.149. The van der Waals surface area contributed by atoms with Crippen molar-refractivity contribution in [3.63, 3.8) is 0 Å². The predicted octanol–water partition coefficient (Wildman–Crippen LogP) is 1.60. The summed E-state index contributed by atoms with van der Waals surface area (Å²) >= 11 is 0. The lowest BCUT2D eigenvalue weighted by molar-refractivity contribution is 0.154. The summed E-state index contributed by atoms with van der Waals surface area (Å²) in [7, 11) is 0. The lowest BCUT2D eigenvalue weighted by Gasteiger charge is -2.30. The Morgan fingerprint density at radius 2 is 2.16 bits per heavy atom. The van der Waals surface area contributed by atoms with Gasteiger partial charge in [-0.05, 0) is 19.9 Å². The molecule has 1 unspecified atom stereocenters. The molecule has 2 aromatic heterocycles. The van der Waals surface area contributed by atoms with Crippen LogP contribution in [0.25, 0.3) is 11.4 Å². The molecule has 0 aromatic carbocycles. The van der Waals surface area contributed by atoms with Crippen LogP contribution in [0.5, 0.6) is 0 Å². The second kappa shape index (κ2) is 5.14. The average Bonchev–Trinajstić information content (AvgIpc) is 3.07. The van der Waals surface area contributed by atoms with Crippen LogP contribution in [-0.2, 0) is 0 Å². The number of nitrogens with zero attached hydrogens (tertiary/aromatic N) is 3. The Kier molecular flexibility index (Phi) is 3.35. The van der Waals surface area contributed by atoms with Crippen molar-refractivity contribution in [3.8, 4) is 11.4 Å². The molecule has 6 nitrogen and oxygen atoms in total. The Hall–Kier alpha value is -1.66. The van der Waals surface area contributed by atoms with Crippen molar-refractivity contribution >= 4 is 0 Å². The SMILES string of the molecule is Cc1occc1-c1noc(C(C)N2CCNCC2)n1. The third-order valence-corrected chi connectivity index (χ3v) is 3.60. The predicted molar refractivity (Wildman–Crippen MR) is 69.6 cm³/mol. The van der Waals surface area contributed by atoms with Crippen molar-refractivity contribution in [2.75, 3.05) is 26.2 Å². The quantitative estimate of drug-likeness (QED) is 0.906. The van der Waals surface area contributed by atoms with Crippen molar-refractivity contribution < 1.29 is 8.94 Å². The standard InChI is InChI=1S/C13H18N4O2/c1-9(17-6-4-14-5-7-17)13-15-12(16-19-13)11-3-8-18-10(11)2/h3,8-9,14H,4-7H2,1-2H3. The van der Waals surface area contributed by atoms with Crippen molar-refractivity contribution in [2.45, 2.75) is 19.9 Å². The molecular formula is C13H18N4O2. The van der Waals surface area contributed by atoms with Gasteiger partial charge in [0.2, 0.25) is 11.7 Å². The zero-order chi connectivity index (χ0) is 13.2. The van der Waals surface area contributed by atoms with Crippen LogP contribution in [0.1, 0.15) is 24.6 Å². The summed E-state index contributed by atoms with van der Waals surface area (Å²) in [6, 6.07) is 2.01. The zero-order valence-electron chi connectivity index (χ0n) is 11.2. The number of hydrogen-bond acceptors (Lipinski definition) is 6. The summed E-state index contributed by atoms with van der Waals surface area (Å²) in [4.78, 5) is 6.83. The molecule has 3 rings (SSSR count). The molecule has 0 saturated carbocycles. The van der Waals surface area contributed by atoms with E-state index in [2.05, 4.69) is 27.3 Å². The number of hydrogen-bond donors (Lipinski definition) is 1. The minimum Gasteiger partial charge on any atom is -0.469 e. The summed E-state index contributed by atoms with van der Waals surface area (Å²) in [6.07, 6.45) is 1.64. The Morgan fingerprint density at radius 1 is 1.37 bits per heavy atom. The lowest BCUT2D eigenvalue weighted by atomic mass is 10.2. The van der Waals surface area contributed by atoms with Gasteiger partial charge in [-0.1, -0.05) is 5.16 Å². The van der Waals surface area contributed by atoms with Gasteiger partial charge in [-0.2, -0.15) is 4.98 Å². The van der Waals surface area contributed by atoms with E-state index in [-0.39, 0.29) is 6.04 Å². The average molecular weight is 262 g/mol. The Labute approximate surface area is 111 Å². The highest BCUT2D eigenvalue weighted by Crippen LogP contribution is 2.25. The summed E-state index contributed by atoms with van der Waals surface area (Å²) in [6.45, 7) is 8.02. The number of furan rings is 1. The van der Waals surface area contributed by atoms with Crippen LogP contribution in [0.2, 0.25) is 0 Å². The van der Waals surface area contributed by atoms with E-state index in [1.165, 1.54) is 0 Å². The molecule has 1 N–H and O–H groups in total. The van der Waals surface area contributed by atoms with Gasteiger partial charge < -0.3 is 14.3 Å². The van der Waals surface area contributed by atoms with E-state index in [4.69, 9.17) is 8.94 Å². The van der Waals surface area contributed by atoms with Gasteiger partial charge in [-0.3, -0.25) is 4.90 Å². The third-order valence-electron chi connectivity index (χ3n) is 3.60. The second-order valence-corrected chi connectivity index (χ2v) is 4.81. The van der Waals surface area contributed by atoms with Crippen LogP contribution in [0.3, 0.4) is 0 Å². The third kappa shape index (κ3) is 2.41. The van der Waals surface area contributed by atoms with Crippen molar-refractivity contribution in [3.05, 3.63) is 24.0 Å². The van der Waals surface area contributed by atoms with Crippen LogP contribution in [0.4, 0.5) is 0 Å². The van der Waals surface area contributed by atoms with Crippen molar-refractivity contribution in [1.82, 2.24) is 20.4 Å². The summed E-state index contributed by atoms with van der Waals surface area (Å²) in [5.74, 6) is 2.07. The molecule has 1 atom stereocenters. The first-order valence-electron chi connectivity index (χ1n) is 6.58. The molecule has 1 fully saturated rings. The van der Waals surface area contributed by atoms with Crippen LogP contribution in [-0.4, -0.2) is 41.2 Å². The van der Waals surface area contributed by atoms with Crippen LogP contribution in [0.15, 0.2) is 21.3 Å². The highest BCUT2D eigenvalue weighted by molar-refractivity contribution is 5.56. The molecule has 1 aliphatic rings. The normalized spacial score (nSPS) is 18.6. The zero-order valence-corrected chi connectivity index (χ0v) is 11.2. The summed E-state index contributed by atoms with van der Waals surface area (Å²) in [5.41, 5.74) is 0.891. The first-order chi connectivity index (χ1) is 9.25. The van der Waals surface area contributed by atoms with Crippen LogP contribution < -0.4 is 5.32 Å². The van der Waals surface area contributed by atoms with Gasteiger partial charge in [-0.25, -0.2) is 0 Å². The maximum absolute atomic E-state index is 5.39. The lowest BCUT2D eigenvalue weighted by Crippen LogP contribution is -2.44. The van der Waals surface area contributed by atoms with Gasteiger partial charge in [0.25, 0.3) is 0 Å². The summed E-state index contributed by atoms with van der Waals surface area (Å²) < 4.78 is 10.7. The van der Waals surface area contributed by atoms with E-state index in [1.54, 1.807) is 6.26 Å². The van der Waals surface area contributed by atoms with E-state index >= 15 is 0 Å². The van der Waals surface area contributed by atoms with Crippen LogP contribution >= 0.6 is 0 Å². The molecule has 0 aliphatic carbocycles. The van der Waals surface area contributed by atoms with E-state index in [1.807, 2.05) is 13.0 Å². The molecule has 19 heavy (non-hydrogen) atoms. The number of piperazine rings is 1. The highest BCUT2D eigenvalue weighted by Gasteiger charge is 2.23. The fourth-order valence-corrected chi connectivity index (χ4v) is 2.36. The van der Waals surface area contributed by atoms with Gasteiger partial charge in [0.1, 0.15) is 5.76 Å². The monoisotopic (exact) mass is 262 g/mol. The highest BCUT2D eigenvalue weighted by atomic mass is 16.5. The Morgan fingerprint density at radius 3 is 2.84 bits per heavy atom. The maximum atomic E-state index is 5.39. The molecule has 0 spiro atoms. The smallest absolute Gasteiger partial charge is 0.244 e. The van der Waals surface area contributed by atoms with E-state index in [0.717, 1.165) is 37.5 Å².